The smallest absolute Gasteiger partial charge is 0.262 e. The predicted molar refractivity (Wildman–Crippen MR) is 80.6 cm³/mol. The van der Waals surface area contributed by atoms with E-state index in [0.717, 1.165) is 4.47 Å². The Balaban J connectivity index is 1.92. The minimum absolute atomic E-state index is 0.132. The fourth-order valence-electron chi connectivity index (χ4n) is 1.67. The summed E-state index contributed by atoms with van der Waals surface area (Å²) in [5.74, 6) is -0.347. The first-order chi connectivity index (χ1) is 10.1. The van der Waals surface area contributed by atoms with Crippen LogP contribution in [-0.2, 0) is 11.4 Å². The number of hydrogen-bond acceptors (Lipinski definition) is 3. The maximum atomic E-state index is 13.0. The summed E-state index contributed by atoms with van der Waals surface area (Å²) < 4.78 is 19.1. The van der Waals surface area contributed by atoms with Gasteiger partial charge in [0.2, 0.25) is 0 Å². The number of nitrogens with one attached hydrogen (secondary N) is 1. The van der Waals surface area contributed by atoms with Crippen LogP contribution in [0.2, 0.25) is 0 Å². The van der Waals surface area contributed by atoms with Crippen LogP contribution in [0.5, 0.6) is 5.75 Å². The molecule has 0 bridgehead atoms. The van der Waals surface area contributed by atoms with Gasteiger partial charge in [0, 0.05) is 10.2 Å². The lowest BCUT2D eigenvalue weighted by molar-refractivity contribution is -0.118. The largest absolute Gasteiger partial charge is 0.484 e. The average Bonchev–Trinajstić information content (AvgIpc) is 2.46. The number of benzene rings is 2. The van der Waals surface area contributed by atoms with Crippen LogP contribution < -0.4 is 10.1 Å². The van der Waals surface area contributed by atoms with E-state index in [9.17, 15) is 9.18 Å². The number of ether oxygens (including phenoxy) is 1. The number of carbonyl (C=O) groups excluding carboxylic acids is 1. The third kappa shape index (κ3) is 4.54. The zero-order chi connectivity index (χ0) is 15.2. The molecule has 0 unspecified atom stereocenters. The quantitative estimate of drug-likeness (QED) is 0.868. The van der Waals surface area contributed by atoms with E-state index >= 15 is 0 Å². The van der Waals surface area contributed by atoms with Gasteiger partial charge in [0.05, 0.1) is 6.61 Å². The minimum atomic E-state index is -0.422. The van der Waals surface area contributed by atoms with Gasteiger partial charge in [-0.3, -0.25) is 4.79 Å². The zero-order valence-electron chi connectivity index (χ0n) is 11.0. The van der Waals surface area contributed by atoms with Crippen LogP contribution in [0.1, 0.15) is 5.56 Å². The first-order valence-corrected chi connectivity index (χ1v) is 6.95. The summed E-state index contributed by atoms with van der Waals surface area (Å²) >= 11 is 3.29. The summed E-state index contributed by atoms with van der Waals surface area (Å²) in [6.45, 7) is -0.337. The third-order valence-electron chi connectivity index (χ3n) is 2.67. The summed E-state index contributed by atoms with van der Waals surface area (Å²) in [7, 11) is 0. The van der Waals surface area contributed by atoms with Crippen molar-refractivity contribution < 1.29 is 19.0 Å². The van der Waals surface area contributed by atoms with Crippen molar-refractivity contribution in [3.05, 3.63) is 58.3 Å². The normalized spacial score (nSPS) is 10.2. The highest BCUT2D eigenvalue weighted by Crippen LogP contribution is 2.22. The van der Waals surface area contributed by atoms with E-state index in [2.05, 4.69) is 21.2 Å². The SMILES string of the molecule is O=C(COc1ccc(Br)c(CO)c1)Nc1cccc(F)c1. The molecule has 0 aliphatic rings. The van der Waals surface area contributed by atoms with Crippen LogP contribution in [0.3, 0.4) is 0 Å². The van der Waals surface area contributed by atoms with Crippen molar-refractivity contribution in [3.8, 4) is 5.75 Å². The average molecular weight is 354 g/mol. The molecule has 21 heavy (non-hydrogen) atoms. The molecular formula is C15H13BrFNO3. The van der Waals surface area contributed by atoms with Crippen molar-refractivity contribution in [2.75, 3.05) is 11.9 Å². The van der Waals surface area contributed by atoms with Gasteiger partial charge in [-0.25, -0.2) is 4.39 Å². The molecule has 110 valence electrons. The molecule has 2 rings (SSSR count). The molecule has 0 aliphatic heterocycles. The summed E-state index contributed by atoms with van der Waals surface area (Å²) in [5, 5.41) is 11.7. The van der Waals surface area contributed by atoms with Crippen LogP contribution in [0.4, 0.5) is 10.1 Å². The lowest BCUT2D eigenvalue weighted by Gasteiger charge is -2.09. The monoisotopic (exact) mass is 353 g/mol. The van der Waals surface area contributed by atoms with Gasteiger partial charge in [-0.05, 0) is 42.0 Å². The van der Waals surface area contributed by atoms with E-state index in [1.165, 1.54) is 18.2 Å². The van der Waals surface area contributed by atoms with Gasteiger partial charge in [0.1, 0.15) is 11.6 Å². The van der Waals surface area contributed by atoms with Crippen LogP contribution in [0.25, 0.3) is 0 Å². The van der Waals surface area contributed by atoms with Gasteiger partial charge in [-0.1, -0.05) is 22.0 Å². The first kappa shape index (κ1) is 15.5. The molecule has 1 amide bonds. The molecule has 0 saturated heterocycles. The Kier molecular flexibility index (Phi) is 5.30. The molecule has 0 fully saturated rings. The number of carbonyl (C=O) groups is 1. The van der Waals surface area contributed by atoms with E-state index in [0.29, 0.717) is 17.0 Å². The Morgan fingerprint density at radius 2 is 2.10 bits per heavy atom. The Bertz CT molecular complexity index is 649. The second kappa shape index (κ2) is 7.19. The summed E-state index contributed by atoms with van der Waals surface area (Å²) in [6, 6.07) is 10.7. The highest BCUT2D eigenvalue weighted by Gasteiger charge is 2.06. The fraction of sp³-hybridized carbons (Fsp3) is 0.133. The Labute approximate surface area is 129 Å². The number of anilines is 1. The highest BCUT2D eigenvalue weighted by atomic mass is 79.9. The predicted octanol–water partition coefficient (Wildman–Crippen LogP) is 3.10. The van der Waals surface area contributed by atoms with E-state index in [1.54, 1.807) is 24.3 Å². The van der Waals surface area contributed by atoms with Gasteiger partial charge >= 0.3 is 0 Å². The Morgan fingerprint density at radius 1 is 1.29 bits per heavy atom. The number of rotatable bonds is 5. The van der Waals surface area contributed by atoms with Gasteiger partial charge < -0.3 is 15.2 Å². The second-order valence-electron chi connectivity index (χ2n) is 4.26. The van der Waals surface area contributed by atoms with E-state index in [1.807, 2.05) is 0 Å². The maximum Gasteiger partial charge on any atom is 0.262 e. The lowest BCUT2D eigenvalue weighted by Crippen LogP contribution is -2.20. The van der Waals surface area contributed by atoms with Gasteiger partial charge in [0.25, 0.3) is 5.91 Å². The molecule has 6 heteroatoms. The van der Waals surface area contributed by atoms with E-state index in [-0.39, 0.29) is 13.2 Å². The molecule has 0 aromatic heterocycles. The van der Waals surface area contributed by atoms with Gasteiger partial charge in [-0.15, -0.1) is 0 Å². The second-order valence-corrected chi connectivity index (χ2v) is 5.11. The number of hydrogen-bond donors (Lipinski definition) is 2. The molecule has 2 aromatic rings. The first-order valence-electron chi connectivity index (χ1n) is 6.16. The number of halogens is 2. The summed E-state index contributed by atoms with van der Waals surface area (Å²) in [4.78, 5) is 11.7. The van der Waals surface area contributed by atoms with Crippen molar-refractivity contribution in [2.24, 2.45) is 0 Å². The highest BCUT2D eigenvalue weighted by molar-refractivity contribution is 9.10. The van der Waals surface area contributed by atoms with Crippen LogP contribution in [0, 0.1) is 5.82 Å². The van der Waals surface area contributed by atoms with E-state index < -0.39 is 11.7 Å². The van der Waals surface area contributed by atoms with Crippen LogP contribution >= 0.6 is 15.9 Å². The van der Waals surface area contributed by atoms with Crippen LogP contribution in [0.15, 0.2) is 46.9 Å². The van der Waals surface area contributed by atoms with Crippen molar-refractivity contribution in [1.29, 1.82) is 0 Å². The lowest BCUT2D eigenvalue weighted by atomic mass is 10.2. The van der Waals surface area contributed by atoms with Gasteiger partial charge in [-0.2, -0.15) is 0 Å². The molecule has 0 saturated carbocycles. The topological polar surface area (TPSA) is 58.6 Å². The Hall–Kier alpha value is -1.92. The molecule has 4 nitrogen and oxygen atoms in total. The number of aliphatic hydroxyl groups excluding tert-OH is 1. The molecule has 0 spiro atoms. The standard InChI is InChI=1S/C15H13BrFNO3/c16-14-5-4-13(6-10(14)8-19)21-9-15(20)18-12-3-1-2-11(17)7-12/h1-7,19H,8-9H2,(H,18,20). The molecular weight excluding hydrogens is 341 g/mol. The fourth-order valence-corrected chi connectivity index (χ4v) is 2.05. The third-order valence-corrected chi connectivity index (χ3v) is 3.44. The zero-order valence-corrected chi connectivity index (χ0v) is 12.6. The molecule has 0 aliphatic carbocycles. The summed E-state index contributed by atoms with van der Waals surface area (Å²) in [5.41, 5.74) is 1.04. The van der Waals surface area contributed by atoms with Crippen molar-refractivity contribution in [2.45, 2.75) is 6.61 Å². The number of amides is 1. The maximum absolute atomic E-state index is 13.0. The van der Waals surface area contributed by atoms with Crippen molar-refractivity contribution >= 4 is 27.5 Å². The summed E-state index contributed by atoms with van der Waals surface area (Å²) in [6.07, 6.45) is 0. The molecule has 2 N–H and O–H groups in total. The van der Waals surface area contributed by atoms with Crippen molar-refractivity contribution in [1.82, 2.24) is 0 Å². The van der Waals surface area contributed by atoms with E-state index in [4.69, 9.17) is 9.84 Å². The Morgan fingerprint density at radius 3 is 2.81 bits per heavy atom. The van der Waals surface area contributed by atoms with Gasteiger partial charge in [0.15, 0.2) is 6.61 Å². The molecule has 2 aromatic carbocycles. The minimum Gasteiger partial charge on any atom is -0.484 e. The molecule has 0 heterocycles. The van der Waals surface area contributed by atoms with Crippen molar-refractivity contribution in [3.63, 3.8) is 0 Å². The molecule has 0 atom stereocenters. The van der Waals surface area contributed by atoms with Crippen LogP contribution in [-0.4, -0.2) is 17.6 Å². The number of aliphatic hydroxyl groups is 1. The molecule has 0 radical (unpaired) electrons.